The molecule has 1 amide bonds. The van der Waals surface area contributed by atoms with Crippen molar-refractivity contribution in [3.05, 3.63) is 34.6 Å². The number of primary amides is 1. The fourth-order valence-electron chi connectivity index (χ4n) is 2.70. The molecule has 1 aliphatic rings. The standard InChI is InChI=1S/C16H20N4O2S/c1-20-16(18-12-6-8-13(21)9-7-12)23-15(19-20)11-4-2-10(3-5-11)14(17)22/h2-5,12-13,21H,6-9H2,1H3,(H2,17,22)/b18-16+. The van der Waals surface area contributed by atoms with Crippen molar-refractivity contribution >= 4 is 17.2 Å². The van der Waals surface area contributed by atoms with Gasteiger partial charge in [-0.25, -0.2) is 4.68 Å². The predicted molar refractivity (Wildman–Crippen MR) is 88.9 cm³/mol. The van der Waals surface area contributed by atoms with E-state index >= 15 is 0 Å². The molecule has 0 unspecified atom stereocenters. The van der Waals surface area contributed by atoms with E-state index in [1.54, 1.807) is 16.8 Å². The van der Waals surface area contributed by atoms with Crippen molar-refractivity contribution in [3.63, 3.8) is 0 Å². The van der Waals surface area contributed by atoms with Crippen molar-refractivity contribution in [1.82, 2.24) is 9.78 Å². The summed E-state index contributed by atoms with van der Waals surface area (Å²) in [5.74, 6) is -0.434. The van der Waals surface area contributed by atoms with E-state index in [-0.39, 0.29) is 12.1 Å². The number of nitrogens with two attached hydrogens (primary N) is 1. The summed E-state index contributed by atoms with van der Waals surface area (Å²) in [6.45, 7) is 0. The molecule has 1 aliphatic carbocycles. The molecule has 122 valence electrons. The molecule has 2 aromatic rings. The second kappa shape index (κ2) is 6.64. The minimum absolute atomic E-state index is 0.170. The monoisotopic (exact) mass is 332 g/mol. The first-order valence-corrected chi connectivity index (χ1v) is 8.51. The van der Waals surface area contributed by atoms with Gasteiger partial charge in [-0.05, 0) is 37.8 Å². The van der Waals surface area contributed by atoms with E-state index in [1.807, 2.05) is 19.2 Å². The number of rotatable bonds is 3. The summed E-state index contributed by atoms with van der Waals surface area (Å²) >= 11 is 1.53. The third kappa shape index (κ3) is 3.68. The van der Waals surface area contributed by atoms with Crippen LogP contribution in [0, 0.1) is 0 Å². The highest BCUT2D eigenvalue weighted by Crippen LogP contribution is 2.22. The number of hydrogen-bond acceptors (Lipinski definition) is 5. The van der Waals surface area contributed by atoms with Crippen LogP contribution in [-0.4, -0.2) is 32.9 Å². The molecule has 0 bridgehead atoms. The molecular weight excluding hydrogens is 312 g/mol. The fourth-order valence-corrected chi connectivity index (χ4v) is 3.66. The topological polar surface area (TPSA) is 93.5 Å². The lowest BCUT2D eigenvalue weighted by Crippen LogP contribution is -2.24. The van der Waals surface area contributed by atoms with Gasteiger partial charge >= 0.3 is 0 Å². The van der Waals surface area contributed by atoms with Crippen molar-refractivity contribution in [2.45, 2.75) is 37.8 Å². The van der Waals surface area contributed by atoms with Gasteiger partial charge in [0.25, 0.3) is 0 Å². The minimum Gasteiger partial charge on any atom is -0.393 e. The normalized spacial score (nSPS) is 22.3. The SMILES string of the molecule is Cn1nc(-c2ccc(C(N)=O)cc2)s/c1=N/C1CCC(O)CC1. The Morgan fingerprint density at radius 1 is 1.30 bits per heavy atom. The number of aliphatic hydroxyl groups excluding tert-OH is 1. The molecule has 7 heteroatoms. The van der Waals surface area contributed by atoms with Crippen LogP contribution in [0.2, 0.25) is 0 Å². The Balaban J connectivity index is 1.84. The number of nitrogens with zero attached hydrogens (tertiary/aromatic N) is 3. The van der Waals surface area contributed by atoms with Gasteiger partial charge in [0.15, 0.2) is 0 Å². The van der Waals surface area contributed by atoms with E-state index in [4.69, 9.17) is 10.7 Å². The molecule has 1 heterocycles. The molecule has 1 aromatic carbocycles. The van der Waals surface area contributed by atoms with Crippen LogP contribution in [0.25, 0.3) is 10.6 Å². The van der Waals surface area contributed by atoms with Crippen molar-refractivity contribution in [3.8, 4) is 10.6 Å². The van der Waals surface area contributed by atoms with Crippen LogP contribution >= 0.6 is 11.3 Å². The maximum Gasteiger partial charge on any atom is 0.248 e. The summed E-state index contributed by atoms with van der Waals surface area (Å²) in [6.07, 6.45) is 3.30. The average molecular weight is 332 g/mol. The van der Waals surface area contributed by atoms with Crippen LogP contribution in [0.4, 0.5) is 0 Å². The smallest absolute Gasteiger partial charge is 0.248 e. The number of carbonyl (C=O) groups excluding carboxylic acids is 1. The molecule has 6 nitrogen and oxygen atoms in total. The first-order valence-electron chi connectivity index (χ1n) is 7.69. The van der Waals surface area contributed by atoms with E-state index in [0.717, 1.165) is 41.1 Å². The van der Waals surface area contributed by atoms with Gasteiger partial charge in [-0.1, -0.05) is 23.5 Å². The number of amides is 1. The molecule has 0 radical (unpaired) electrons. The number of hydrogen-bond donors (Lipinski definition) is 2. The van der Waals surface area contributed by atoms with E-state index < -0.39 is 5.91 Å². The summed E-state index contributed by atoms with van der Waals surface area (Å²) in [7, 11) is 1.88. The zero-order valence-corrected chi connectivity index (χ0v) is 13.8. The Kier molecular flexibility index (Phi) is 4.58. The third-order valence-corrected chi connectivity index (χ3v) is 5.14. The lowest BCUT2D eigenvalue weighted by atomic mass is 9.94. The molecule has 0 aliphatic heterocycles. The zero-order chi connectivity index (χ0) is 16.4. The molecule has 1 saturated carbocycles. The van der Waals surface area contributed by atoms with Crippen molar-refractivity contribution in [2.75, 3.05) is 0 Å². The predicted octanol–water partition coefficient (Wildman–Crippen LogP) is 1.45. The highest BCUT2D eigenvalue weighted by Gasteiger charge is 2.19. The summed E-state index contributed by atoms with van der Waals surface area (Å²) in [5, 5.41) is 14.9. The number of benzene rings is 1. The van der Waals surface area contributed by atoms with E-state index in [0.29, 0.717) is 5.56 Å². The van der Waals surface area contributed by atoms with Gasteiger partial charge in [-0.2, -0.15) is 5.10 Å². The Hall–Kier alpha value is -1.99. The minimum atomic E-state index is -0.434. The molecule has 1 fully saturated rings. The largest absolute Gasteiger partial charge is 0.393 e. The number of aromatic nitrogens is 2. The van der Waals surface area contributed by atoms with Crippen LogP contribution in [0.3, 0.4) is 0 Å². The molecule has 1 aromatic heterocycles. The second-order valence-corrected chi connectivity index (χ2v) is 6.80. The number of aliphatic hydroxyl groups is 1. The number of aryl methyl sites for hydroxylation is 1. The first-order chi connectivity index (χ1) is 11.0. The van der Waals surface area contributed by atoms with Gasteiger partial charge in [0.2, 0.25) is 10.7 Å². The Morgan fingerprint density at radius 3 is 2.57 bits per heavy atom. The lowest BCUT2D eigenvalue weighted by molar-refractivity contribution is 0.1000. The van der Waals surface area contributed by atoms with Gasteiger partial charge in [0, 0.05) is 18.2 Å². The Morgan fingerprint density at radius 2 is 1.96 bits per heavy atom. The van der Waals surface area contributed by atoms with E-state index in [1.165, 1.54) is 11.3 Å². The lowest BCUT2D eigenvalue weighted by Gasteiger charge is -2.21. The summed E-state index contributed by atoms with van der Waals surface area (Å²) < 4.78 is 1.78. The van der Waals surface area contributed by atoms with Crippen molar-refractivity contribution in [2.24, 2.45) is 17.8 Å². The van der Waals surface area contributed by atoms with Crippen molar-refractivity contribution < 1.29 is 9.90 Å². The highest BCUT2D eigenvalue weighted by molar-refractivity contribution is 7.12. The maximum absolute atomic E-state index is 11.1. The van der Waals surface area contributed by atoms with Gasteiger partial charge in [0.1, 0.15) is 5.01 Å². The summed E-state index contributed by atoms with van der Waals surface area (Å²) in [4.78, 5) is 16.8. The molecule has 0 atom stereocenters. The molecule has 0 saturated heterocycles. The molecule has 0 spiro atoms. The molecule has 3 rings (SSSR count). The molecule has 3 N–H and O–H groups in total. The third-order valence-electron chi connectivity index (χ3n) is 4.08. The van der Waals surface area contributed by atoms with Crippen molar-refractivity contribution in [1.29, 1.82) is 0 Å². The van der Waals surface area contributed by atoms with E-state index in [9.17, 15) is 9.90 Å². The molecule has 23 heavy (non-hydrogen) atoms. The highest BCUT2D eigenvalue weighted by atomic mass is 32.1. The van der Waals surface area contributed by atoms with Crippen LogP contribution < -0.4 is 10.5 Å². The maximum atomic E-state index is 11.1. The van der Waals surface area contributed by atoms with Gasteiger partial charge in [0.05, 0.1) is 12.1 Å². The zero-order valence-electron chi connectivity index (χ0n) is 13.0. The van der Waals surface area contributed by atoms with Crippen LogP contribution in [0.5, 0.6) is 0 Å². The molecular formula is C16H20N4O2S. The summed E-state index contributed by atoms with van der Waals surface area (Å²) in [6, 6.07) is 7.37. The average Bonchev–Trinajstić information content (AvgIpc) is 2.91. The number of carbonyl (C=O) groups is 1. The fraction of sp³-hybridized carbons (Fsp3) is 0.438. The van der Waals surface area contributed by atoms with E-state index in [2.05, 4.69) is 5.10 Å². The van der Waals surface area contributed by atoms with Crippen LogP contribution in [0.15, 0.2) is 29.3 Å². The Bertz CT molecular complexity index is 755. The quantitative estimate of drug-likeness (QED) is 0.891. The second-order valence-electron chi connectivity index (χ2n) is 5.85. The van der Waals surface area contributed by atoms with Crippen LogP contribution in [-0.2, 0) is 7.05 Å². The first kappa shape index (κ1) is 15.9. The van der Waals surface area contributed by atoms with Crippen LogP contribution in [0.1, 0.15) is 36.0 Å². The van der Waals surface area contributed by atoms with Gasteiger partial charge < -0.3 is 10.8 Å². The Labute approximate surface area is 138 Å². The summed E-state index contributed by atoms with van der Waals surface area (Å²) in [5.41, 5.74) is 6.68. The van der Waals surface area contributed by atoms with Gasteiger partial charge in [-0.3, -0.25) is 9.79 Å². The van der Waals surface area contributed by atoms with Gasteiger partial charge in [-0.15, -0.1) is 0 Å².